The molecule has 260 valence electrons. The number of halogens is 2. The fraction of sp³-hybridized carbons (Fsp3) is 0.412. The topological polar surface area (TPSA) is 160 Å². The van der Waals surface area contributed by atoms with Crippen molar-refractivity contribution in [3.63, 3.8) is 0 Å². The Morgan fingerprint density at radius 1 is 1.14 bits per heavy atom. The molecule has 5 heterocycles. The molecule has 0 unspecified atom stereocenters. The number of aromatic nitrogens is 5. The third-order valence-corrected chi connectivity index (χ3v) is 10.8. The number of methoxy groups -OCH3 is 1. The number of hydrogen-bond acceptors (Lipinski definition) is 10. The summed E-state index contributed by atoms with van der Waals surface area (Å²) in [7, 11) is 1.46. The molecule has 8 rings (SSSR count). The lowest BCUT2D eigenvalue weighted by Gasteiger charge is -2.36. The highest BCUT2D eigenvalue weighted by Crippen LogP contribution is 2.46. The van der Waals surface area contributed by atoms with Gasteiger partial charge in [-0.2, -0.15) is 0 Å². The summed E-state index contributed by atoms with van der Waals surface area (Å²) in [6.45, 7) is 3.29. The van der Waals surface area contributed by atoms with Crippen LogP contribution in [0.5, 0.6) is 11.6 Å². The monoisotopic (exact) mass is 748 g/mol. The van der Waals surface area contributed by atoms with E-state index in [-0.39, 0.29) is 46.3 Å². The van der Waals surface area contributed by atoms with E-state index in [0.29, 0.717) is 54.8 Å². The van der Waals surface area contributed by atoms with Crippen molar-refractivity contribution in [2.45, 2.75) is 57.4 Å². The average molecular weight is 750 g/mol. The van der Waals surface area contributed by atoms with Gasteiger partial charge in [0, 0.05) is 60.5 Å². The molecule has 3 fully saturated rings. The van der Waals surface area contributed by atoms with E-state index >= 15 is 4.39 Å². The Kier molecular flexibility index (Phi) is 8.09. The van der Waals surface area contributed by atoms with Gasteiger partial charge in [0.1, 0.15) is 11.3 Å². The number of ether oxygens (including phenoxy) is 1. The number of aromatic carboxylic acids is 1. The second-order valence-electron chi connectivity index (χ2n) is 13.3. The number of aryl methyl sites for hydroxylation is 2. The minimum atomic E-state index is -1.34. The number of rotatable bonds is 10. The van der Waals surface area contributed by atoms with Gasteiger partial charge in [0.05, 0.1) is 35.8 Å². The Morgan fingerprint density at radius 2 is 1.96 bits per heavy atom. The third kappa shape index (κ3) is 5.41. The maximum absolute atomic E-state index is 16.1. The van der Waals surface area contributed by atoms with Crippen molar-refractivity contribution >= 4 is 55.1 Å². The number of benzene rings is 2. The predicted molar refractivity (Wildman–Crippen MR) is 186 cm³/mol. The Labute approximate surface area is 292 Å². The first-order valence-corrected chi connectivity index (χ1v) is 17.4. The van der Waals surface area contributed by atoms with Crippen LogP contribution in [-0.2, 0) is 19.6 Å². The van der Waals surface area contributed by atoms with Crippen LogP contribution in [0.3, 0.4) is 0 Å². The van der Waals surface area contributed by atoms with E-state index in [4.69, 9.17) is 4.74 Å². The number of hydrogen-bond donors (Lipinski definition) is 2. The molecule has 0 amide bonds. The smallest absolute Gasteiger partial charge is 0.341 e. The molecule has 50 heavy (non-hydrogen) atoms. The number of fused-ring (bicyclic) bond motifs is 3. The van der Waals surface area contributed by atoms with Crippen molar-refractivity contribution in [1.29, 1.82) is 0 Å². The number of anilines is 1. The first kappa shape index (κ1) is 32.4. The zero-order chi connectivity index (χ0) is 34.8. The zero-order valence-electron chi connectivity index (χ0n) is 27.1. The molecule has 0 spiro atoms. The molecule has 0 radical (unpaired) electrons. The Bertz CT molecular complexity index is 2250. The first-order chi connectivity index (χ1) is 24.2. The van der Waals surface area contributed by atoms with Crippen molar-refractivity contribution in [3.8, 4) is 11.6 Å². The van der Waals surface area contributed by atoms with Crippen LogP contribution in [0.1, 0.15) is 47.8 Å². The predicted octanol–water partition coefficient (Wildman–Crippen LogP) is 5.40. The molecule has 2 aromatic carbocycles. The molecular weight excluding hydrogens is 715 g/mol. The van der Waals surface area contributed by atoms with Crippen molar-refractivity contribution in [2.24, 2.45) is 11.1 Å². The third-order valence-electron chi connectivity index (χ3n) is 10.4. The zero-order valence-corrected chi connectivity index (χ0v) is 28.7. The van der Waals surface area contributed by atoms with Crippen LogP contribution in [0.4, 0.5) is 15.8 Å². The summed E-state index contributed by atoms with van der Waals surface area (Å²) in [5.74, 6) is -1.64. The number of nitrogens with zero attached hydrogens (tertiary/aromatic N) is 8. The Morgan fingerprint density at radius 3 is 2.70 bits per heavy atom. The van der Waals surface area contributed by atoms with Crippen LogP contribution in [-0.4, -0.2) is 78.0 Å². The van der Waals surface area contributed by atoms with Gasteiger partial charge in [-0.05, 0) is 67.6 Å². The average Bonchev–Trinajstić information content (AvgIpc) is 3.58. The van der Waals surface area contributed by atoms with Gasteiger partial charge in [0.2, 0.25) is 11.3 Å². The van der Waals surface area contributed by atoms with E-state index in [1.165, 1.54) is 19.4 Å². The van der Waals surface area contributed by atoms with Gasteiger partial charge in [0.15, 0.2) is 17.3 Å². The van der Waals surface area contributed by atoms with Gasteiger partial charge in [-0.3, -0.25) is 14.4 Å². The molecule has 2 saturated heterocycles. The van der Waals surface area contributed by atoms with Crippen LogP contribution < -0.4 is 15.1 Å². The van der Waals surface area contributed by atoms with Gasteiger partial charge in [-0.1, -0.05) is 21.1 Å². The van der Waals surface area contributed by atoms with Crippen molar-refractivity contribution in [3.05, 3.63) is 73.3 Å². The summed E-state index contributed by atoms with van der Waals surface area (Å²) in [5, 5.41) is 32.7. The number of aromatic hydroxyl groups is 1. The summed E-state index contributed by atoms with van der Waals surface area (Å²) in [4.78, 5) is 40.9. The second-order valence-corrected chi connectivity index (χ2v) is 14.3. The number of nitroso groups, excluding NO2 is 1. The van der Waals surface area contributed by atoms with E-state index in [1.54, 1.807) is 19.9 Å². The molecule has 2 aliphatic heterocycles. The van der Waals surface area contributed by atoms with E-state index in [9.17, 15) is 24.7 Å². The van der Waals surface area contributed by atoms with Crippen molar-refractivity contribution < 1.29 is 24.1 Å². The van der Waals surface area contributed by atoms with E-state index in [2.05, 4.69) is 36.3 Å². The molecule has 3 aromatic heterocycles. The quantitative estimate of drug-likeness (QED) is 0.177. The largest absolute Gasteiger partial charge is 0.493 e. The van der Waals surface area contributed by atoms with E-state index in [0.717, 1.165) is 42.4 Å². The summed E-state index contributed by atoms with van der Waals surface area (Å²) in [6.07, 6.45) is 6.88. The summed E-state index contributed by atoms with van der Waals surface area (Å²) in [5.41, 5.74) is 1.07. The van der Waals surface area contributed by atoms with Gasteiger partial charge < -0.3 is 29.0 Å². The van der Waals surface area contributed by atoms with Crippen LogP contribution >= 0.6 is 15.9 Å². The van der Waals surface area contributed by atoms with Crippen molar-refractivity contribution in [2.75, 3.05) is 31.6 Å². The summed E-state index contributed by atoms with van der Waals surface area (Å²) in [6, 6.07) is 6.72. The van der Waals surface area contributed by atoms with Crippen LogP contribution in [0, 0.1) is 16.6 Å². The SMILES string of the molecule is COc1c(N2C[C@@H]3CCCN(Cc4cn(CCn5c(O)c(N=O)c6cc(Br)ccc65)nn4)[C@@H]3C2)c(F)cc2c(=O)c(C(=O)O)cn(C3CC3)c12. The summed E-state index contributed by atoms with van der Waals surface area (Å²) >= 11 is 3.40. The lowest BCUT2D eigenvalue weighted by molar-refractivity contribution is 0.0694. The number of carbonyl (C=O) groups is 1. The molecule has 2 N–H and O–H groups in total. The lowest BCUT2D eigenvalue weighted by Crippen LogP contribution is -2.44. The minimum absolute atomic E-state index is 0.00313. The normalized spacial score (nSPS) is 19.4. The van der Waals surface area contributed by atoms with Gasteiger partial charge in [-0.15, -0.1) is 10.0 Å². The number of piperidine rings is 1. The van der Waals surface area contributed by atoms with Gasteiger partial charge in [0.25, 0.3) is 0 Å². The van der Waals surface area contributed by atoms with Gasteiger partial charge >= 0.3 is 5.97 Å². The first-order valence-electron chi connectivity index (χ1n) is 16.6. The maximum Gasteiger partial charge on any atom is 0.341 e. The van der Waals surface area contributed by atoms with Crippen LogP contribution in [0.25, 0.3) is 21.8 Å². The highest BCUT2D eigenvalue weighted by atomic mass is 79.9. The molecule has 5 aromatic rings. The highest BCUT2D eigenvalue weighted by Gasteiger charge is 2.41. The molecule has 0 bridgehead atoms. The van der Waals surface area contributed by atoms with Crippen molar-refractivity contribution in [1.82, 2.24) is 29.0 Å². The fourth-order valence-corrected chi connectivity index (χ4v) is 8.28. The highest BCUT2D eigenvalue weighted by molar-refractivity contribution is 9.10. The van der Waals surface area contributed by atoms with Gasteiger partial charge in [-0.25, -0.2) is 9.18 Å². The number of likely N-dealkylation sites (tertiary alicyclic amines) is 1. The van der Waals surface area contributed by atoms with Crippen LogP contribution in [0.15, 0.2) is 51.1 Å². The fourth-order valence-electron chi connectivity index (χ4n) is 7.92. The molecule has 3 aliphatic rings. The van der Waals surface area contributed by atoms with E-state index in [1.807, 2.05) is 23.2 Å². The molecule has 1 saturated carbocycles. The molecule has 2 atom stereocenters. The number of pyridine rings is 1. The van der Waals surface area contributed by atoms with Crippen LogP contribution in [0.2, 0.25) is 0 Å². The second kappa shape index (κ2) is 12.5. The lowest BCUT2D eigenvalue weighted by atomic mass is 9.92. The Balaban J connectivity index is 1.02. The number of carboxylic acid groups (broad SMARTS) is 1. The molecule has 1 aliphatic carbocycles. The minimum Gasteiger partial charge on any atom is -0.493 e. The molecule has 14 nitrogen and oxygen atoms in total. The summed E-state index contributed by atoms with van der Waals surface area (Å²) < 4.78 is 27.8. The molecular formula is C34H34BrFN8O6. The standard InChI is InChI=1S/C34H34BrFN8O6/c1-50-32-29-23(31(45)24(34(47)48)16-44(29)21-5-6-21)12-25(36)30(32)41-13-18-3-2-8-40(27(18)17-41)14-20-15-42(39-37-20)9-10-43-26-7-4-19(35)11-22(26)28(38-49)33(43)46/h4,7,11-12,15-16,18,21,27,46H,2-3,5-6,8-10,13-14,17H2,1H3,(H,47,48)/t18-,27+/m0/s1. The Hall–Kier alpha value is -4.83. The van der Waals surface area contributed by atoms with E-state index < -0.39 is 17.2 Å². The molecule has 16 heteroatoms. The number of carboxylic acids is 1. The maximum atomic E-state index is 16.1.